The second kappa shape index (κ2) is 8.73. The van der Waals surface area contributed by atoms with E-state index in [0.29, 0.717) is 18.1 Å². The number of benzene rings is 2. The van der Waals surface area contributed by atoms with Crippen LogP contribution in [0.25, 0.3) is 11.0 Å². The molecule has 2 atom stereocenters. The maximum atomic E-state index is 12.1. The Morgan fingerprint density at radius 2 is 1.86 bits per heavy atom. The molecule has 1 aromatic heterocycles. The third-order valence-corrected chi connectivity index (χ3v) is 4.72. The van der Waals surface area contributed by atoms with Crippen LogP contribution in [0, 0.1) is 5.92 Å². The molecule has 0 aliphatic carbocycles. The number of esters is 1. The fourth-order valence-corrected chi connectivity index (χ4v) is 3.43. The van der Waals surface area contributed by atoms with Gasteiger partial charge in [-0.25, -0.2) is 4.68 Å². The van der Waals surface area contributed by atoms with E-state index in [9.17, 15) is 4.79 Å². The Bertz CT molecular complexity index is 954. The number of fused-ring (bicyclic) bond motifs is 1. The van der Waals surface area contributed by atoms with Crippen molar-refractivity contribution in [1.82, 2.24) is 15.0 Å². The van der Waals surface area contributed by atoms with E-state index < -0.39 is 0 Å². The van der Waals surface area contributed by atoms with Gasteiger partial charge in [-0.15, -0.1) is 5.10 Å². The number of carbonyl (C=O) groups is 1. The highest BCUT2D eigenvalue weighted by atomic mass is 16.5. The summed E-state index contributed by atoms with van der Waals surface area (Å²) in [4.78, 5) is 12.1. The van der Waals surface area contributed by atoms with Crippen molar-refractivity contribution >= 4 is 17.0 Å². The summed E-state index contributed by atoms with van der Waals surface area (Å²) in [5, 5.41) is 8.67. The summed E-state index contributed by atoms with van der Waals surface area (Å²) >= 11 is 0. The van der Waals surface area contributed by atoms with E-state index in [1.165, 1.54) is 0 Å². The quantitative estimate of drug-likeness (QED) is 0.553. The fourth-order valence-electron chi connectivity index (χ4n) is 3.43. The number of aromatic nitrogens is 3. The smallest absolute Gasteiger partial charge is 0.306 e. The lowest BCUT2D eigenvalue weighted by Gasteiger charge is -2.25. The molecule has 7 nitrogen and oxygen atoms in total. The SMILES string of the molecule is CCOC(=O)CC(C)C(c1ccc(OC)c(OC)c1)n1nnc2ccccc21. The van der Waals surface area contributed by atoms with Crippen LogP contribution < -0.4 is 9.47 Å². The predicted octanol–water partition coefficient (Wildman–Crippen LogP) is 3.63. The van der Waals surface area contributed by atoms with Crippen LogP contribution in [0.3, 0.4) is 0 Å². The average Bonchev–Trinajstić information content (AvgIpc) is 3.12. The summed E-state index contributed by atoms with van der Waals surface area (Å²) in [6.45, 7) is 4.17. The highest BCUT2D eigenvalue weighted by Crippen LogP contribution is 2.36. The number of para-hydroxylation sites is 1. The first-order chi connectivity index (χ1) is 13.6. The van der Waals surface area contributed by atoms with E-state index in [2.05, 4.69) is 10.3 Å². The molecule has 0 spiro atoms. The van der Waals surface area contributed by atoms with Crippen LogP contribution in [-0.2, 0) is 9.53 Å². The molecule has 2 unspecified atom stereocenters. The zero-order valence-corrected chi connectivity index (χ0v) is 16.6. The van der Waals surface area contributed by atoms with Gasteiger partial charge in [-0.2, -0.15) is 0 Å². The molecular weight excluding hydrogens is 358 g/mol. The Labute approximate surface area is 164 Å². The van der Waals surface area contributed by atoms with E-state index in [4.69, 9.17) is 14.2 Å². The zero-order valence-electron chi connectivity index (χ0n) is 16.6. The third kappa shape index (κ3) is 3.93. The molecule has 0 radical (unpaired) electrons. The summed E-state index contributed by atoms with van der Waals surface area (Å²) < 4.78 is 17.8. The van der Waals surface area contributed by atoms with E-state index in [1.54, 1.807) is 21.1 Å². The van der Waals surface area contributed by atoms with Crippen LogP contribution >= 0.6 is 0 Å². The standard InChI is InChI=1S/C21H25N3O4/c1-5-28-20(25)12-14(2)21(15-10-11-18(26-3)19(13-15)27-4)24-17-9-7-6-8-16(17)22-23-24/h6-11,13-14,21H,5,12H2,1-4H3. The van der Waals surface area contributed by atoms with Crippen LogP contribution in [0.5, 0.6) is 11.5 Å². The second-order valence-corrected chi connectivity index (χ2v) is 6.57. The number of hydrogen-bond acceptors (Lipinski definition) is 6. The molecule has 1 heterocycles. The van der Waals surface area contributed by atoms with Gasteiger partial charge in [0.05, 0.1) is 38.8 Å². The lowest BCUT2D eigenvalue weighted by molar-refractivity contribution is -0.144. The monoisotopic (exact) mass is 383 g/mol. The van der Waals surface area contributed by atoms with Crippen molar-refractivity contribution in [2.24, 2.45) is 5.92 Å². The molecule has 0 saturated heterocycles. The van der Waals surface area contributed by atoms with Gasteiger partial charge in [-0.05, 0) is 42.7 Å². The number of carbonyl (C=O) groups excluding carboxylic acids is 1. The van der Waals surface area contributed by atoms with Crippen molar-refractivity contribution in [3.8, 4) is 11.5 Å². The van der Waals surface area contributed by atoms with Crippen molar-refractivity contribution < 1.29 is 19.0 Å². The predicted molar refractivity (Wildman–Crippen MR) is 106 cm³/mol. The molecule has 148 valence electrons. The van der Waals surface area contributed by atoms with Crippen LogP contribution in [0.15, 0.2) is 42.5 Å². The number of ether oxygens (including phenoxy) is 3. The summed E-state index contributed by atoms with van der Waals surface area (Å²) in [6, 6.07) is 13.3. The Balaban J connectivity index is 2.08. The molecule has 3 rings (SSSR count). The van der Waals surface area contributed by atoms with Gasteiger partial charge in [-0.3, -0.25) is 4.79 Å². The molecule has 7 heteroatoms. The molecule has 2 aromatic carbocycles. The summed E-state index contributed by atoms with van der Waals surface area (Å²) in [6.07, 6.45) is 0.265. The van der Waals surface area contributed by atoms with Crippen LogP contribution in [0.1, 0.15) is 31.9 Å². The molecule has 28 heavy (non-hydrogen) atoms. The van der Waals surface area contributed by atoms with Gasteiger partial charge in [0.1, 0.15) is 5.52 Å². The van der Waals surface area contributed by atoms with E-state index in [1.807, 2.05) is 54.1 Å². The fraction of sp³-hybridized carbons (Fsp3) is 0.381. The highest BCUT2D eigenvalue weighted by Gasteiger charge is 2.27. The van der Waals surface area contributed by atoms with Gasteiger partial charge in [0.15, 0.2) is 11.5 Å². The van der Waals surface area contributed by atoms with Gasteiger partial charge >= 0.3 is 5.97 Å². The van der Waals surface area contributed by atoms with Gasteiger partial charge in [0, 0.05) is 0 Å². The lowest BCUT2D eigenvalue weighted by atomic mass is 9.91. The molecule has 3 aromatic rings. The van der Waals surface area contributed by atoms with Crippen molar-refractivity contribution in [1.29, 1.82) is 0 Å². The Morgan fingerprint density at radius 1 is 1.11 bits per heavy atom. The van der Waals surface area contributed by atoms with E-state index in [0.717, 1.165) is 16.6 Å². The summed E-state index contributed by atoms with van der Waals surface area (Å²) in [5.41, 5.74) is 2.65. The zero-order chi connectivity index (χ0) is 20.1. The summed E-state index contributed by atoms with van der Waals surface area (Å²) in [5.74, 6) is 0.955. The minimum Gasteiger partial charge on any atom is -0.493 e. The summed E-state index contributed by atoms with van der Waals surface area (Å²) in [7, 11) is 3.20. The van der Waals surface area contributed by atoms with Crippen molar-refractivity contribution in [3.63, 3.8) is 0 Å². The Morgan fingerprint density at radius 3 is 2.57 bits per heavy atom. The molecule has 0 amide bonds. The maximum Gasteiger partial charge on any atom is 0.306 e. The first kappa shape index (κ1) is 19.7. The molecule has 0 fully saturated rings. The molecule has 0 aliphatic rings. The van der Waals surface area contributed by atoms with Gasteiger partial charge in [0.25, 0.3) is 0 Å². The number of nitrogens with zero attached hydrogens (tertiary/aromatic N) is 3. The van der Waals surface area contributed by atoms with Crippen molar-refractivity contribution in [3.05, 3.63) is 48.0 Å². The van der Waals surface area contributed by atoms with Crippen LogP contribution in [-0.4, -0.2) is 41.8 Å². The molecule has 0 N–H and O–H groups in total. The van der Waals surface area contributed by atoms with Crippen molar-refractivity contribution in [2.45, 2.75) is 26.3 Å². The van der Waals surface area contributed by atoms with Crippen LogP contribution in [0.4, 0.5) is 0 Å². The maximum absolute atomic E-state index is 12.1. The van der Waals surface area contributed by atoms with Gasteiger partial charge < -0.3 is 14.2 Å². The normalized spacial score (nSPS) is 13.1. The van der Waals surface area contributed by atoms with E-state index >= 15 is 0 Å². The second-order valence-electron chi connectivity index (χ2n) is 6.57. The topological polar surface area (TPSA) is 75.5 Å². The minimum absolute atomic E-state index is 0.0812. The van der Waals surface area contributed by atoms with E-state index in [-0.39, 0.29) is 24.3 Å². The van der Waals surface area contributed by atoms with Crippen LogP contribution in [0.2, 0.25) is 0 Å². The van der Waals surface area contributed by atoms with Gasteiger partial charge in [-0.1, -0.05) is 30.3 Å². The third-order valence-electron chi connectivity index (χ3n) is 4.72. The van der Waals surface area contributed by atoms with Gasteiger partial charge in [0.2, 0.25) is 0 Å². The first-order valence-corrected chi connectivity index (χ1v) is 9.26. The minimum atomic E-state index is -0.232. The average molecular weight is 383 g/mol. The molecular formula is C21H25N3O4. The van der Waals surface area contributed by atoms with Crippen molar-refractivity contribution in [2.75, 3.05) is 20.8 Å². The molecule has 0 saturated carbocycles. The number of rotatable bonds is 8. The largest absolute Gasteiger partial charge is 0.493 e. The number of methoxy groups -OCH3 is 2. The molecule has 0 aliphatic heterocycles. The lowest BCUT2D eigenvalue weighted by Crippen LogP contribution is -2.23. The Kier molecular flexibility index (Phi) is 6.13. The number of hydrogen-bond donors (Lipinski definition) is 0. The highest BCUT2D eigenvalue weighted by molar-refractivity contribution is 5.74. The first-order valence-electron chi connectivity index (χ1n) is 9.26. The Hall–Kier alpha value is -3.09. The molecule has 0 bridgehead atoms.